The van der Waals surface area contributed by atoms with E-state index in [4.69, 9.17) is 0 Å². The minimum absolute atomic E-state index is 0.160. The van der Waals surface area contributed by atoms with Gasteiger partial charge >= 0.3 is 12.1 Å². The third kappa shape index (κ3) is 4.63. The molecule has 0 bridgehead atoms. The summed E-state index contributed by atoms with van der Waals surface area (Å²) in [7, 11) is 0. The fourth-order valence-electron chi connectivity index (χ4n) is 3.88. The number of carboxylic acids is 1. The molecule has 1 fully saturated rings. The van der Waals surface area contributed by atoms with Crippen LogP contribution in [0.4, 0.5) is 33.5 Å². The highest BCUT2D eigenvalue weighted by atomic mass is 19.4. The Morgan fingerprint density at radius 2 is 1.79 bits per heavy atom. The number of pyridine rings is 2. The summed E-state index contributed by atoms with van der Waals surface area (Å²) in [4.78, 5) is 33.2. The smallest absolute Gasteiger partial charge is 0.412 e. The van der Waals surface area contributed by atoms with Gasteiger partial charge in [-0.3, -0.25) is 9.20 Å². The Kier molecular flexibility index (Phi) is 6.11. The van der Waals surface area contributed by atoms with E-state index in [1.807, 2.05) is 5.32 Å². The van der Waals surface area contributed by atoms with E-state index in [2.05, 4.69) is 9.97 Å². The van der Waals surface area contributed by atoms with Crippen LogP contribution in [0.25, 0.3) is 5.65 Å². The molecule has 2 N–H and O–H groups in total. The van der Waals surface area contributed by atoms with E-state index in [0.29, 0.717) is 29.6 Å². The molecule has 1 aliphatic heterocycles. The molecule has 180 valence electrons. The van der Waals surface area contributed by atoms with E-state index in [1.54, 1.807) is 4.90 Å². The second-order valence-corrected chi connectivity index (χ2v) is 7.76. The predicted octanol–water partition coefficient (Wildman–Crippen LogP) is 3.77. The number of halogens is 5. The highest BCUT2D eigenvalue weighted by Gasteiger charge is 2.43. The van der Waals surface area contributed by atoms with Crippen molar-refractivity contribution >= 4 is 23.1 Å². The van der Waals surface area contributed by atoms with Crippen LogP contribution in [-0.2, 0) is 0 Å². The number of anilines is 2. The third-order valence-electron chi connectivity index (χ3n) is 5.42. The van der Waals surface area contributed by atoms with Crippen molar-refractivity contribution in [2.75, 3.05) is 23.3 Å². The summed E-state index contributed by atoms with van der Waals surface area (Å²) in [6.45, 7) is 1.12. The lowest BCUT2D eigenvalue weighted by atomic mass is 10.1. The lowest BCUT2D eigenvalue weighted by Gasteiger charge is -2.28. The molecule has 0 aliphatic carbocycles. The molecule has 0 spiro atoms. The first-order valence-electron chi connectivity index (χ1n) is 10.3. The Hall–Kier alpha value is -3.77. The fourth-order valence-corrected chi connectivity index (χ4v) is 3.88. The first-order valence-corrected chi connectivity index (χ1v) is 10.3. The zero-order chi connectivity index (χ0) is 24.6. The summed E-state index contributed by atoms with van der Waals surface area (Å²) in [5.74, 6) is -3.95. The van der Waals surface area contributed by atoms with Crippen molar-refractivity contribution in [2.24, 2.45) is 0 Å². The number of aromatic carboxylic acids is 1. The van der Waals surface area contributed by atoms with Gasteiger partial charge in [-0.1, -0.05) is 0 Å². The van der Waals surface area contributed by atoms with Crippen molar-refractivity contribution in [1.29, 1.82) is 0 Å². The quantitative estimate of drug-likeness (QED) is 0.421. The number of carbonyl (C=O) groups is 1. The molecule has 0 unspecified atom stereocenters. The van der Waals surface area contributed by atoms with Gasteiger partial charge < -0.3 is 15.3 Å². The highest BCUT2D eigenvalue weighted by molar-refractivity contribution is 5.92. The lowest BCUT2D eigenvalue weighted by Crippen LogP contribution is -2.33. The third-order valence-corrected chi connectivity index (χ3v) is 5.42. The molecule has 0 saturated carbocycles. The molecule has 4 heterocycles. The number of nitrogens with one attached hydrogen (secondary N) is 1. The van der Waals surface area contributed by atoms with Crippen molar-refractivity contribution in [2.45, 2.75) is 31.5 Å². The van der Waals surface area contributed by atoms with Crippen LogP contribution in [0.15, 0.2) is 35.3 Å². The Labute approximate surface area is 188 Å². The normalized spacial score (nSPS) is 15.4. The number of aromatic nitrogens is 3. The second-order valence-electron chi connectivity index (χ2n) is 7.76. The Morgan fingerprint density at radius 3 is 2.44 bits per heavy atom. The van der Waals surface area contributed by atoms with Crippen LogP contribution in [0.3, 0.4) is 0 Å². The molecule has 4 rings (SSSR count). The Balaban J connectivity index is 1.90. The van der Waals surface area contributed by atoms with Crippen LogP contribution < -0.4 is 15.8 Å². The summed E-state index contributed by atoms with van der Waals surface area (Å²) in [5.41, 5.74) is -3.61. The van der Waals surface area contributed by atoms with Crippen molar-refractivity contribution in [3.8, 4) is 0 Å². The zero-order valence-electron chi connectivity index (χ0n) is 17.4. The molecular formula is C21H18F5N5O3. The molecule has 1 atom stereocenters. The van der Waals surface area contributed by atoms with E-state index in [0.717, 1.165) is 37.6 Å². The number of fused-ring (bicyclic) bond motifs is 1. The van der Waals surface area contributed by atoms with Crippen molar-refractivity contribution in [3.05, 3.63) is 63.8 Å². The molecule has 3 aromatic rings. The maximum absolute atomic E-state index is 14.3. The monoisotopic (exact) mass is 483 g/mol. The maximum atomic E-state index is 14.3. The van der Waals surface area contributed by atoms with Crippen molar-refractivity contribution in [1.82, 2.24) is 14.4 Å². The number of rotatable bonds is 5. The van der Waals surface area contributed by atoms with E-state index in [1.165, 1.54) is 0 Å². The standard InChI is InChI=1S/C21H18F5N5O3/c22-11-8-12(18(21(24,25)26)27-13-4-5-14(23)28-17(13)20(33)34)19-29-15(9-16(32)31(19)10-11)30-6-2-1-3-7-30/h4-5,8-10,18,27H,1-3,6-7H2,(H,33,34)/t18-/m0/s1. The highest BCUT2D eigenvalue weighted by Crippen LogP contribution is 2.38. The van der Waals surface area contributed by atoms with E-state index in [9.17, 15) is 36.6 Å². The number of carboxylic acid groups (broad SMARTS) is 1. The average molecular weight is 483 g/mol. The van der Waals surface area contributed by atoms with E-state index in [-0.39, 0.29) is 5.82 Å². The zero-order valence-corrected chi connectivity index (χ0v) is 17.4. The Morgan fingerprint density at radius 1 is 1.09 bits per heavy atom. The average Bonchev–Trinajstić information content (AvgIpc) is 2.78. The van der Waals surface area contributed by atoms with Crippen LogP contribution in [-0.4, -0.2) is 44.7 Å². The number of piperidine rings is 1. The van der Waals surface area contributed by atoms with Crippen LogP contribution in [0.5, 0.6) is 0 Å². The number of hydrogen-bond acceptors (Lipinski definition) is 6. The van der Waals surface area contributed by atoms with Gasteiger partial charge in [-0.2, -0.15) is 17.6 Å². The van der Waals surface area contributed by atoms with Crippen LogP contribution >= 0.6 is 0 Å². The summed E-state index contributed by atoms with van der Waals surface area (Å²) < 4.78 is 70.9. The van der Waals surface area contributed by atoms with Gasteiger partial charge in [0, 0.05) is 30.9 Å². The van der Waals surface area contributed by atoms with Crippen LogP contribution in [0.2, 0.25) is 0 Å². The van der Waals surface area contributed by atoms with Crippen LogP contribution in [0.1, 0.15) is 41.4 Å². The molecule has 0 amide bonds. The summed E-state index contributed by atoms with van der Waals surface area (Å²) in [5, 5.41) is 11.2. The van der Waals surface area contributed by atoms with E-state index < -0.39 is 58.1 Å². The van der Waals surface area contributed by atoms with Gasteiger partial charge in [0.25, 0.3) is 5.56 Å². The van der Waals surface area contributed by atoms with Gasteiger partial charge in [-0.05, 0) is 37.5 Å². The molecule has 1 saturated heterocycles. The molecule has 3 aromatic heterocycles. The van der Waals surface area contributed by atoms with E-state index >= 15 is 0 Å². The topological polar surface area (TPSA) is 99.8 Å². The minimum Gasteiger partial charge on any atom is -0.476 e. The van der Waals surface area contributed by atoms with Crippen molar-refractivity contribution in [3.63, 3.8) is 0 Å². The largest absolute Gasteiger partial charge is 0.476 e. The maximum Gasteiger partial charge on any atom is 0.412 e. The molecule has 13 heteroatoms. The van der Waals surface area contributed by atoms with Crippen LogP contribution in [0, 0.1) is 11.8 Å². The fraction of sp³-hybridized carbons (Fsp3) is 0.333. The first-order chi connectivity index (χ1) is 16.0. The van der Waals surface area contributed by atoms with Gasteiger partial charge in [-0.25, -0.2) is 19.2 Å². The summed E-state index contributed by atoms with van der Waals surface area (Å²) >= 11 is 0. The number of nitrogens with zero attached hydrogens (tertiary/aromatic N) is 4. The second kappa shape index (κ2) is 8.88. The van der Waals surface area contributed by atoms with Gasteiger partial charge in [-0.15, -0.1) is 0 Å². The lowest BCUT2D eigenvalue weighted by molar-refractivity contribution is -0.143. The number of alkyl halides is 3. The van der Waals surface area contributed by atoms with Gasteiger partial charge in [0.1, 0.15) is 17.3 Å². The first kappa shape index (κ1) is 23.4. The van der Waals surface area contributed by atoms with Crippen molar-refractivity contribution < 1.29 is 31.9 Å². The van der Waals surface area contributed by atoms with Gasteiger partial charge in [0.15, 0.2) is 11.7 Å². The molecule has 8 nitrogen and oxygen atoms in total. The summed E-state index contributed by atoms with van der Waals surface area (Å²) in [6.07, 6.45) is -1.75. The molecular weight excluding hydrogens is 465 g/mol. The Bertz CT molecular complexity index is 1300. The van der Waals surface area contributed by atoms with Gasteiger partial charge in [0.05, 0.1) is 5.69 Å². The SMILES string of the molecule is O=C(O)c1nc(F)ccc1N[C@@H](c1cc(F)cn2c(=O)cc(N3CCCCC3)nc12)C(F)(F)F. The predicted molar refractivity (Wildman–Crippen MR) is 111 cm³/mol. The number of hydrogen-bond donors (Lipinski definition) is 2. The molecule has 1 aliphatic rings. The minimum atomic E-state index is -5.09. The van der Waals surface area contributed by atoms with Gasteiger partial charge in [0.2, 0.25) is 5.95 Å². The molecule has 34 heavy (non-hydrogen) atoms. The molecule has 0 radical (unpaired) electrons. The summed E-state index contributed by atoms with van der Waals surface area (Å²) in [6, 6.07) is 0.481. The molecule has 0 aromatic carbocycles.